The molecule has 5 heterocycles. The van der Waals surface area contributed by atoms with Crippen LogP contribution in [0.1, 0.15) is 40.0 Å². The van der Waals surface area contributed by atoms with Crippen LogP contribution in [0.5, 0.6) is 5.75 Å². The van der Waals surface area contributed by atoms with Gasteiger partial charge in [-0.2, -0.15) is 0 Å². The summed E-state index contributed by atoms with van der Waals surface area (Å²) in [5.41, 5.74) is 5.06. The molecule has 0 radical (unpaired) electrons. The molecule has 6 rings (SSSR count). The molecule has 1 atom stereocenters. The fourth-order valence-corrected chi connectivity index (χ4v) is 5.17. The van der Waals surface area contributed by atoms with Crippen LogP contribution in [0.4, 0.5) is 0 Å². The van der Waals surface area contributed by atoms with Crippen molar-refractivity contribution < 1.29 is 19.1 Å². The molecule has 0 aliphatic carbocycles. The molecule has 1 unspecified atom stereocenters. The molecule has 1 aromatic carbocycles. The third-order valence-electron chi connectivity index (χ3n) is 7.10. The van der Waals surface area contributed by atoms with Crippen LogP contribution < -0.4 is 10.1 Å². The standard InChI is InChI=1S/C27H29N5O4/c1-18-5-7-23(26(33)28-18)32-16-22-21(27(32)34)3-2-4-24(22)36-17-19-6-8-25-29-20(15-31(25)13-19)14-30-9-11-35-12-10-30/h2-4,6,8,13,15,23H,1,5,7,9-12,14,16-17H2,(H,28,33). The molecule has 186 valence electrons. The van der Waals surface area contributed by atoms with Crippen LogP contribution in [0.3, 0.4) is 0 Å². The highest BCUT2D eigenvalue weighted by molar-refractivity contribution is 6.02. The molecular weight excluding hydrogens is 458 g/mol. The van der Waals surface area contributed by atoms with Gasteiger partial charge in [0.15, 0.2) is 0 Å². The predicted molar refractivity (Wildman–Crippen MR) is 132 cm³/mol. The van der Waals surface area contributed by atoms with Crippen LogP contribution in [0.15, 0.2) is 55.0 Å². The maximum atomic E-state index is 13.1. The Morgan fingerprint density at radius 2 is 2.00 bits per heavy atom. The summed E-state index contributed by atoms with van der Waals surface area (Å²) in [6.45, 7) is 8.75. The number of ether oxygens (including phenoxy) is 2. The zero-order valence-corrected chi connectivity index (χ0v) is 20.1. The molecule has 3 aromatic rings. The Bertz CT molecular complexity index is 1340. The lowest BCUT2D eigenvalue weighted by molar-refractivity contribution is -0.126. The second kappa shape index (κ2) is 9.40. The maximum Gasteiger partial charge on any atom is 0.255 e. The van der Waals surface area contributed by atoms with E-state index in [1.165, 1.54) is 0 Å². The van der Waals surface area contributed by atoms with Gasteiger partial charge in [0.2, 0.25) is 5.91 Å². The molecule has 0 spiro atoms. The summed E-state index contributed by atoms with van der Waals surface area (Å²) in [5, 5.41) is 2.78. The number of benzene rings is 1. The lowest BCUT2D eigenvalue weighted by Crippen LogP contribution is -2.49. The van der Waals surface area contributed by atoms with Gasteiger partial charge in [-0.3, -0.25) is 14.5 Å². The molecular formula is C27H29N5O4. The van der Waals surface area contributed by atoms with Crippen LogP contribution in [0.25, 0.3) is 5.65 Å². The van der Waals surface area contributed by atoms with Gasteiger partial charge in [0.05, 0.1) is 25.5 Å². The number of nitrogens with one attached hydrogen (secondary N) is 1. The quantitative estimate of drug-likeness (QED) is 0.575. The normalized spacial score (nSPS) is 20.6. The molecule has 36 heavy (non-hydrogen) atoms. The van der Waals surface area contributed by atoms with Crippen molar-refractivity contribution >= 4 is 17.5 Å². The predicted octanol–water partition coefficient (Wildman–Crippen LogP) is 2.49. The van der Waals surface area contributed by atoms with Crippen molar-refractivity contribution in [2.75, 3.05) is 26.3 Å². The number of nitrogens with zero attached hydrogens (tertiary/aromatic N) is 4. The zero-order chi connectivity index (χ0) is 24.6. The second-order valence-electron chi connectivity index (χ2n) is 9.57. The SMILES string of the molecule is C=C1CCC(N2Cc3c(OCc4ccc5nc(CN6CCOCC6)cn5c4)cccc3C2=O)C(=O)N1. The number of morpholine rings is 1. The van der Waals surface area contributed by atoms with Gasteiger partial charge in [-0.05, 0) is 31.0 Å². The van der Waals surface area contributed by atoms with Gasteiger partial charge >= 0.3 is 0 Å². The van der Waals surface area contributed by atoms with E-state index in [1.54, 1.807) is 11.0 Å². The van der Waals surface area contributed by atoms with Crippen molar-refractivity contribution in [3.8, 4) is 5.75 Å². The minimum atomic E-state index is -0.487. The van der Waals surface area contributed by atoms with Crippen molar-refractivity contribution in [3.63, 3.8) is 0 Å². The minimum Gasteiger partial charge on any atom is -0.488 e. The smallest absolute Gasteiger partial charge is 0.255 e. The molecule has 2 aromatic heterocycles. The van der Waals surface area contributed by atoms with Crippen molar-refractivity contribution in [1.82, 2.24) is 24.5 Å². The Balaban J connectivity index is 1.15. The van der Waals surface area contributed by atoms with Crippen LogP contribution in [0.2, 0.25) is 0 Å². The fraction of sp³-hybridized carbons (Fsp3) is 0.370. The third-order valence-corrected chi connectivity index (χ3v) is 7.10. The maximum absolute atomic E-state index is 13.1. The topological polar surface area (TPSA) is 88.4 Å². The molecule has 2 amide bonds. The van der Waals surface area contributed by atoms with E-state index in [0.717, 1.165) is 55.3 Å². The summed E-state index contributed by atoms with van der Waals surface area (Å²) >= 11 is 0. The number of amides is 2. The number of rotatable bonds is 6. The molecule has 1 N–H and O–H groups in total. The number of piperidine rings is 1. The highest BCUT2D eigenvalue weighted by Crippen LogP contribution is 2.34. The molecule has 3 aliphatic rings. The lowest BCUT2D eigenvalue weighted by Gasteiger charge is -2.31. The number of carbonyl (C=O) groups excluding carboxylic acids is 2. The molecule has 9 nitrogen and oxygen atoms in total. The summed E-state index contributed by atoms with van der Waals surface area (Å²) in [6.07, 6.45) is 5.35. The van der Waals surface area contributed by atoms with E-state index < -0.39 is 6.04 Å². The van der Waals surface area contributed by atoms with Crippen LogP contribution in [-0.4, -0.2) is 63.3 Å². The number of fused-ring (bicyclic) bond motifs is 2. The number of hydrogen-bond acceptors (Lipinski definition) is 6. The van der Waals surface area contributed by atoms with Gasteiger partial charge in [0, 0.05) is 54.4 Å². The van der Waals surface area contributed by atoms with Crippen LogP contribution in [0, 0.1) is 0 Å². The van der Waals surface area contributed by atoms with Gasteiger partial charge in [-0.1, -0.05) is 18.7 Å². The Kier molecular flexibility index (Phi) is 5.94. The highest BCUT2D eigenvalue weighted by Gasteiger charge is 2.39. The van der Waals surface area contributed by atoms with E-state index in [4.69, 9.17) is 14.5 Å². The first-order valence-electron chi connectivity index (χ1n) is 12.4. The van der Waals surface area contributed by atoms with Crippen molar-refractivity contribution in [1.29, 1.82) is 0 Å². The number of imidazole rings is 1. The summed E-state index contributed by atoms with van der Waals surface area (Å²) in [7, 11) is 0. The number of carbonyl (C=O) groups is 2. The van der Waals surface area contributed by atoms with Gasteiger partial charge in [-0.15, -0.1) is 0 Å². The molecule has 2 saturated heterocycles. The van der Waals surface area contributed by atoms with Crippen LogP contribution in [-0.2, 0) is 29.2 Å². The lowest BCUT2D eigenvalue weighted by atomic mass is 10.0. The molecule has 0 bridgehead atoms. The average molecular weight is 488 g/mol. The van der Waals surface area contributed by atoms with Crippen molar-refractivity contribution in [3.05, 3.63) is 77.4 Å². The Hall–Kier alpha value is -3.69. The summed E-state index contributed by atoms with van der Waals surface area (Å²) in [5.74, 6) is 0.370. The summed E-state index contributed by atoms with van der Waals surface area (Å²) < 4.78 is 13.7. The molecule has 3 aliphatic heterocycles. The van der Waals surface area contributed by atoms with Gasteiger partial charge in [0.25, 0.3) is 5.91 Å². The highest BCUT2D eigenvalue weighted by atomic mass is 16.5. The second-order valence-corrected chi connectivity index (χ2v) is 9.57. The van der Waals surface area contributed by atoms with Crippen molar-refractivity contribution in [2.24, 2.45) is 0 Å². The first-order valence-corrected chi connectivity index (χ1v) is 12.4. The van der Waals surface area contributed by atoms with E-state index in [2.05, 4.69) is 23.0 Å². The average Bonchev–Trinajstić information content (AvgIpc) is 3.43. The third kappa shape index (κ3) is 4.36. The van der Waals surface area contributed by atoms with Gasteiger partial charge < -0.3 is 24.1 Å². The minimum absolute atomic E-state index is 0.129. The fourth-order valence-electron chi connectivity index (χ4n) is 5.17. The van der Waals surface area contributed by atoms with E-state index >= 15 is 0 Å². The van der Waals surface area contributed by atoms with Crippen molar-refractivity contribution in [2.45, 2.75) is 38.6 Å². The van der Waals surface area contributed by atoms with E-state index in [1.807, 2.05) is 34.9 Å². The van der Waals surface area contributed by atoms with Gasteiger partial charge in [-0.25, -0.2) is 4.98 Å². The number of pyridine rings is 1. The first kappa shape index (κ1) is 22.8. The number of hydrogen-bond donors (Lipinski definition) is 1. The van der Waals surface area contributed by atoms with E-state index in [0.29, 0.717) is 43.0 Å². The molecule has 0 saturated carbocycles. The molecule has 9 heteroatoms. The molecule has 2 fully saturated rings. The largest absolute Gasteiger partial charge is 0.488 e. The summed E-state index contributed by atoms with van der Waals surface area (Å²) in [4.78, 5) is 34.3. The monoisotopic (exact) mass is 487 g/mol. The summed E-state index contributed by atoms with van der Waals surface area (Å²) in [6, 6.07) is 9.04. The number of allylic oxidation sites excluding steroid dienone is 1. The van der Waals surface area contributed by atoms with Gasteiger partial charge in [0.1, 0.15) is 24.0 Å². The Labute approximate surface area is 209 Å². The Morgan fingerprint density at radius 1 is 1.14 bits per heavy atom. The first-order chi connectivity index (χ1) is 17.5. The number of aromatic nitrogens is 2. The van der Waals surface area contributed by atoms with E-state index in [9.17, 15) is 9.59 Å². The van der Waals surface area contributed by atoms with E-state index in [-0.39, 0.29) is 11.8 Å². The zero-order valence-electron chi connectivity index (χ0n) is 20.1. The van der Waals surface area contributed by atoms with Crippen LogP contribution >= 0.6 is 0 Å². The Morgan fingerprint density at radius 3 is 2.83 bits per heavy atom.